The predicted molar refractivity (Wildman–Crippen MR) is 84.6 cm³/mol. The van der Waals surface area contributed by atoms with E-state index in [-0.39, 0.29) is 23.9 Å². The van der Waals surface area contributed by atoms with Gasteiger partial charge in [0.1, 0.15) is 0 Å². The molecule has 0 aromatic heterocycles. The van der Waals surface area contributed by atoms with Crippen molar-refractivity contribution in [2.24, 2.45) is 11.8 Å². The normalized spacial score (nSPS) is 32.6. The maximum Gasteiger partial charge on any atom is 0.315 e. The third-order valence-corrected chi connectivity index (χ3v) is 5.99. The van der Waals surface area contributed by atoms with E-state index in [2.05, 4.69) is 16.9 Å². The van der Waals surface area contributed by atoms with Crippen LogP contribution in [0.2, 0.25) is 0 Å². The van der Waals surface area contributed by atoms with Crippen LogP contribution in [-0.4, -0.2) is 41.2 Å². The van der Waals surface area contributed by atoms with Crippen molar-refractivity contribution in [1.82, 2.24) is 10.6 Å². The maximum absolute atomic E-state index is 12.0. The topological polar surface area (TPSA) is 78.4 Å². The van der Waals surface area contributed by atoms with Gasteiger partial charge in [0.25, 0.3) is 0 Å². The minimum atomic E-state index is -0.722. The lowest BCUT2D eigenvalue weighted by atomic mass is 9.79. The van der Waals surface area contributed by atoms with E-state index in [1.165, 1.54) is 6.42 Å². The minimum absolute atomic E-state index is 0.0712. The molecule has 2 aliphatic carbocycles. The molecule has 0 aromatic carbocycles. The zero-order valence-electron chi connectivity index (χ0n) is 12.6. The van der Waals surface area contributed by atoms with Crippen LogP contribution >= 0.6 is 11.8 Å². The molecular weight excluding hydrogens is 288 g/mol. The Morgan fingerprint density at radius 3 is 2.62 bits per heavy atom. The molecule has 21 heavy (non-hydrogen) atoms. The van der Waals surface area contributed by atoms with Gasteiger partial charge >= 0.3 is 12.0 Å². The number of rotatable bonds is 5. The Balaban J connectivity index is 1.76. The van der Waals surface area contributed by atoms with Gasteiger partial charge in [-0.25, -0.2) is 4.79 Å². The fourth-order valence-corrected chi connectivity index (χ4v) is 4.53. The highest BCUT2D eigenvalue weighted by atomic mass is 32.2. The van der Waals surface area contributed by atoms with Crippen LogP contribution in [0.4, 0.5) is 4.79 Å². The predicted octanol–water partition coefficient (Wildman–Crippen LogP) is 2.46. The van der Waals surface area contributed by atoms with Crippen molar-refractivity contribution in [2.45, 2.75) is 56.2 Å². The Bertz CT molecular complexity index is 378. The number of carboxylic acids is 1. The molecule has 0 aliphatic heterocycles. The third-order valence-electron chi connectivity index (χ3n) is 4.82. The molecular formula is C15H26N2O3S. The molecule has 0 radical (unpaired) electrons. The number of amides is 2. The second-order valence-electron chi connectivity index (χ2n) is 6.16. The standard InChI is InChI=1S/C15H26N2O3S/c1-21-13-8-4-7-12(13)17-15(20)16-9-10-5-2-3-6-11(10)14(18)19/h10-13H,2-9H2,1H3,(H,18,19)(H2,16,17,20). The zero-order chi connectivity index (χ0) is 15.2. The van der Waals surface area contributed by atoms with Crippen LogP contribution in [0.25, 0.3) is 0 Å². The highest BCUT2D eigenvalue weighted by molar-refractivity contribution is 7.99. The van der Waals surface area contributed by atoms with Gasteiger partial charge in [-0.05, 0) is 37.9 Å². The number of nitrogens with one attached hydrogen (secondary N) is 2. The molecule has 120 valence electrons. The molecule has 2 rings (SSSR count). The van der Waals surface area contributed by atoms with Crippen molar-refractivity contribution in [3.05, 3.63) is 0 Å². The van der Waals surface area contributed by atoms with Gasteiger partial charge in [-0.15, -0.1) is 0 Å². The summed E-state index contributed by atoms with van der Waals surface area (Å²) in [5.74, 6) is -0.952. The molecule has 6 heteroatoms. The molecule has 5 nitrogen and oxygen atoms in total. The summed E-state index contributed by atoms with van der Waals surface area (Å²) in [7, 11) is 0. The summed E-state index contributed by atoms with van der Waals surface area (Å²) in [4.78, 5) is 23.2. The first-order valence-electron chi connectivity index (χ1n) is 7.91. The van der Waals surface area contributed by atoms with Gasteiger partial charge in [0.15, 0.2) is 0 Å². The fraction of sp³-hybridized carbons (Fsp3) is 0.867. The molecule has 0 bridgehead atoms. The second-order valence-corrected chi connectivity index (χ2v) is 7.23. The summed E-state index contributed by atoms with van der Waals surface area (Å²) >= 11 is 1.81. The van der Waals surface area contributed by atoms with Crippen LogP contribution in [0.1, 0.15) is 44.9 Å². The summed E-state index contributed by atoms with van der Waals surface area (Å²) < 4.78 is 0. The van der Waals surface area contributed by atoms with Gasteiger partial charge in [0.2, 0.25) is 0 Å². The number of hydrogen-bond acceptors (Lipinski definition) is 3. The number of hydrogen-bond donors (Lipinski definition) is 3. The highest BCUT2D eigenvalue weighted by Gasteiger charge is 2.31. The first-order valence-corrected chi connectivity index (χ1v) is 9.20. The minimum Gasteiger partial charge on any atom is -0.481 e. The van der Waals surface area contributed by atoms with Gasteiger partial charge in [-0.1, -0.05) is 19.3 Å². The van der Waals surface area contributed by atoms with Crippen LogP contribution < -0.4 is 10.6 Å². The first kappa shape index (κ1) is 16.5. The smallest absolute Gasteiger partial charge is 0.315 e. The summed E-state index contributed by atoms with van der Waals surface area (Å²) in [5.41, 5.74) is 0. The van der Waals surface area contributed by atoms with Gasteiger partial charge in [-0.3, -0.25) is 4.79 Å². The molecule has 0 saturated heterocycles. The molecule has 2 amide bonds. The van der Waals surface area contributed by atoms with E-state index in [0.717, 1.165) is 38.5 Å². The lowest BCUT2D eigenvalue weighted by Crippen LogP contribution is -2.47. The average Bonchev–Trinajstić information content (AvgIpc) is 2.92. The lowest BCUT2D eigenvalue weighted by molar-refractivity contribution is -0.144. The quantitative estimate of drug-likeness (QED) is 0.728. The molecule has 0 spiro atoms. The monoisotopic (exact) mass is 314 g/mol. The molecule has 4 atom stereocenters. The van der Waals surface area contributed by atoms with Gasteiger partial charge in [0, 0.05) is 17.8 Å². The van der Waals surface area contributed by atoms with E-state index in [9.17, 15) is 14.7 Å². The molecule has 0 aromatic rings. The van der Waals surface area contributed by atoms with Crippen LogP contribution in [0.5, 0.6) is 0 Å². The van der Waals surface area contributed by atoms with E-state index in [1.807, 2.05) is 11.8 Å². The Labute approximate surface area is 130 Å². The summed E-state index contributed by atoms with van der Waals surface area (Å²) in [5, 5.41) is 15.7. The van der Waals surface area contributed by atoms with E-state index < -0.39 is 5.97 Å². The maximum atomic E-state index is 12.0. The fourth-order valence-electron chi connectivity index (χ4n) is 3.59. The Morgan fingerprint density at radius 2 is 1.90 bits per heavy atom. The number of aliphatic carboxylic acids is 1. The molecule has 2 saturated carbocycles. The number of carboxylic acid groups (broad SMARTS) is 1. The molecule has 3 N–H and O–H groups in total. The third kappa shape index (κ3) is 4.53. The van der Waals surface area contributed by atoms with Crippen LogP contribution in [0.3, 0.4) is 0 Å². The lowest BCUT2D eigenvalue weighted by Gasteiger charge is -2.29. The van der Waals surface area contributed by atoms with Crippen LogP contribution in [0.15, 0.2) is 0 Å². The van der Waals surface area contributed by atoms with Crippen LogP contribution in [0, 0.1) is 11.8 Å². The van der Waals surface area contributed by atoms with Gasteiger partial charge in [-0.2, -0.15) is 11.8 Å². The first-order chi connectivity index (χ1) is 10.1. The van der Waals surface area contributed by atoms with Crippen molar-refractivity contribution in [1.29, 1.82) is 0 Å². The Morgan fingerprint density at radius 1 is 1.14 bits per heavy atom. The summed E-state index contributed by atoms with van der Waals surface area (Å²) in [6.07, 6.45) is 9.14. The second kappa shape index (κ2) is 7.92. The summed E-state index contributed by atoms with van der Waals surface area (Å²) in [6, 6.07) is 0.109. The van der Waals surface area contributed by atoms with Crippen molar-refractivity contribution in [2.75, 3.05) is 12.8 Å². The average molecular weight is 314 g/mol. The van der Waals surface area contributed by atoms with Gasteiger partial charge < -0.3 is 15.7 Å². The van der Waals surface area contributed by atoms with E-state index in [4.69, 9.17) is 0 Å². The number of carbonyl (C=O) groups excluding carboxylic acids is 1. The van der Waals surface area contributed by atoms with Gasteiger partial charge in [0.05, 0.1) is 5.92 Å². The molecule has 2 aliphatic rings. The number of thioether (sulfide) groups is 1. The van der Waals surface area contributed by atoms with Crippen molar-refractivity contribution in [3.8, 4) is 0 Å². The van der Waals surface area contributed by atoms with Crippen molar-refractivity contribution >= 4 is 23.8 Å². The Hall–Kier alpha value is -0.910. The highest BCUT2D eigenvalue weighted by Crippen LogP contribution is 2.30. The van der Waals surface area contributed by atoms with Crippen molar-refractivity contribution in [3.63, 3.8) is 0 Å². The van der Waals surface area contributed by atoms with Crippen LogP contribution in [-0.2, 0) is 4.79 Å². The molecule has 0 heterocycles. The number of urea groups is 1. The van der Waals surface area contributed by atoms with Crippen molar-refractivity contribution < 1.29 is 14.7 Å². The van der Waals surface area contributed by atoms with E-state index in [0.29, 0.717) is 11.8 Å². The molecule has 4 unspecified atom stereocenters. The SMILES string of the molecule is CSC1CCCC1NC(=O)NCC1CCCCC1C(=O)O. The largest absolute Gasteiger partial charge is 0.481 e. The van der Waals surface area contributed by atoms with E-state index >= 15 is 0 Å². The zero-order valence-corrected chi connectivity index (χ0v) is 13.5. The summed E-state index contributed by atoms with van der Waals surface area (Å²) in [6.45, 7) is 0.472. The molecule has 2 fully saturated rings. The Kier molecular flexibility index (Phi) is 6.21. The number of carbonyl (C=O) groups is 2. The van der Waals surface area contributed by atoms with E-state index in [1.54, 1.807) is 0 Å².